The van der Waals surface area contributed by atoms with Crippen molar-refractivity contribution in [1.29, 1.82) is 0 Å². The molecule has 1 aliphatic rings. The molecule has 0 radical (unpaired) electrons. The van der Waals surface area contributed by atoms with Gasteiger partial charge in [0.05, 0.1) is 16.4 Å². The van der Waals surface area contributed by atoms with Crippen LogP contribution in [-0.4, -0.2) is 35.4 Å². The molecular formula is C24H24N4O4S. The van der Waals surface area contributed by atoms with E-state index in [9.17, 15) is 14.4 Å². The van der Waals surface area contributed by atoms with Gasteiger partial charge in [-0.25, -0.2) is 4.98 Å². The predicted molar refractivity (Wildman–Crippen MR) is 129 cm³/mol. The van der Waals surface area contributed by atoms with Gasteiger partial charge in [-0.3, -0.25) is 19.3 Å². The molecule has 2 N–H and O–H groups in total. The number of thiazole rings is 1. The van der Waals surface area contributed by atoms with E-state index in [2.05, 4.69) is 15.6 Å². The summed E-state index contributed by atoms with van der Waals surface area (Å²) in [4.78, 5) is 44.0. The molecule has 2 aromatic carbocycles. The van der Waals surface area contributed by atoms with Crippen LogP contribution in [0.5, 0.6) is 5.75 Å². The van der Waals surface area contributed by atoms with Gasteiger partial charge in [0, 0.05) is 28.7 Å². The van der Waals surface area contributed by atoms with E-state index in [1.54, 1.807) is 42.5 Å². The summed E-state index contributed by atoms with van der Waals surface area (Å²) < 4.78 is 5.77. The highest BCUT2D eigenvalue weighted by molar-refractivity contribution is 7.11. The van der Waals surface area contributed by atoms with Crippen molar-refractivity contribution < 1.29 is 19.1 Å². The fourth-order valence-corrected chi connectivity index (χ4v) is 4.54. The molecule has 0 fully saturated rings. The third kappa shape index (κ3) is 4.88. The van der Waals surface area contributed by atoms with Gasteiger partial charge in [0.25, 0.3) is 5.91 Å². The van der Waals surface area contributed by atoms with E-state index in [0.29, 0.717) is 22.8 Å². The van der Waals surface area contributed by atoms with Gasteiger partial charge < -0.3 is 15.4 Å². The third-order valence-corrected chi connectivity index (χ3v) is 6.02. The van der Waals surface area contributed by atoms with Crippen molar-refractivity contribution in [2.75, 3.05) is 22.1 Å². The van der Waals surface area contributed by atoms with Gasteiger partial charge in [-0.2, -0.15) is 0 Å². The number of aromatic nitrogens is 1. The number of hydrogen-bond acceptors (Lipinski definition) is 6. The largest absolute Gasteiger partial charge is 0.479 e. The normalized spacial score (nSPS) is 15.0. The second-order valence-electron chi connectivity index (χ2n) is 7.81. The Bertz CT molecular complexity index is 1240. The number of amides is 3. The quantitative estimate of drug-likeness (QED) is 0.591. The topological polar surface area (TPSA) is 101 Å². The van der Waals surface area contributed by atoms with E-state index in [4.69, 9.17) is 4.74 Å². The van der Waals surface area contributed by atoms with Crippen LogP contribution < -0.4 is 20.3 Å². The molecule has 0 saturated heterocycles. The Balaban J connectivity index is 1.56. The van der Waals surface area contributed by atoms with E-state index >= 15 is 0 Å². The molecule has 33 heavy (non-hydrogen) atoms. The zero-order chi connectivity index (χ0) is 23.7. The van der Waals surface area contributed by atoms with E-state index < -0.39 is 6.10 Å². The number of nitrogens with zero attached hydrogens (tertiary/aromatic N) is 2. The maximum atomic E-state index is 12.9. The summed E-state index contributed by atoms with van der Waals surface area (Å²) in [6.07, 6.45) is -0.698. The number of aryl methyl sites for hydroxylation is 2. The number of nitrogens with one attached hydrogen (secondary N) is 2. The van der Waals surface area contributed by atoms with Crippen LogP contribution in [0.15, 0.2) is 42.5 Å². The van der Waals surface area contributed by atoms with Crippen LogP contribution in [0.1, 0.15) is 23.7 Å². The second kappa shape index (κ2) is 9.03. The summed E-state index contributed by atoms with van der Waals surface area (Å²) in [5.41, 5.74) is 3.45. The third-order valence-electron chi connectivity index (χ3n) is 5.13. The predicted octanol–water partition coefficient (Wildman–Crippen LogP) is 4.14. The molecule has 0 saturated carbocycles. The minimum atomic E-state index is -0.698. The molecule has 1 atom stereocenters. The Labute approximate surface area is 195 Å². The summed E-state index contributed by atoms with van der Waals surface area (Å²) in [7, 11) is 0. The van der Waals surface area contributed by atoms with Crippen LogP contribution in [0, 0.1) is 13.8 Å². The zero-order valence-corrected chi connectivity index (χ0v) is 19.6. The zero-order valence-electron chi connectivity index (χ0n) is 18.8. The lowest BCUT2D eigenvalue weighted by molar-refractivity contribution is -0.127. The molecule has 1 aromatic heterocycles. The minimum Gasteiger partial charge on any atom is -0.479 e. The molecule has 0 aliphatic carbocycles. The number of benzene rings is 2. The maximum absolute atomic E-state index is 12.9. The van der Waals surface area contributed by atoms with Gasteiger partial charge >= 0.3 is 0 Å². The van der Waals surface area contributed by atoms with Crippen molar-refractivity contribution in [3.8, 4) is 17.0 Å². The molecule has 3 amide bonds. The van der Waals surface area contributed by atoms with Crippen molar-refractivity contribution >= 4 is 46.1 Å². The van der Waals surface area contributed by atoms with Crippen LogP contribution in [0.4, 0.5) is 17.1 Å². The highest BCUT2D eigenvalue weighted by atomic mass is 32.1. The smallest absolute Gasteiger partial charge is 0.268 e. The van der Waals surface area contributed by atoms with Crippen LogP contribution in [0.25, 0.3) is 11.3 Å². The van der Waals surface area contributed by atoms with Crippen LogP contribution >= 0.6 is 11.3 Å². The fourth-order valence-electron chi connectivity index (χ4n) is 3.70. The monoisotopic (exact) mass is 464 g/mol. The number of carbonyl (C=O) groups excluding carboxylic acids is 3. The molecular weight excluding hydrogens is 440 g/mol. The lowest BCUT2D eigenvalue weighted by Gasteiger charge is -2.33. The first-order valence-electron chi connectivity index (χ1n) is 10.5. The number of anilines is 3. The van der Waals surface area contributed by atoms with E-state index in [0.717, 1.165) is 21.1 Å². The molecule has 8 nitrogen and oxygen atoms in total. The number of hydrogen-bond donors (Lipinski definition) is 2. The van der Waals surface area contributed by atoms with Gasteiger partial charge in [-0.15, -0.1) is 11.3 Å². The standard InChI is InChI=1S/C24H24N4O4S/c1-13-24(31)28(12-22(30)27-19-8-6-18(7-9-19)25-15(3)29)20-11-17(5-10-21(20)32-13)23-14(2)33-16(4)26-23/h5-11,13H,12H2,1-4H3,(H,25,29)(H,27,30). The lowest BCUT2D eigenvalue weighted by atomic mass is 10.1. The van der Waals surface area contributed by atoms with Crippen molar-refractivity contribution in [1.82, 2.24) is 4.98 Å². The molecule has 1 aliphatic heterocycles. The number of fused-ring (bicyclic) bond motifs is 1. The van der Waals surface area contributed by atoms with Gasteiger partial charge in [0.1, 0.15) is 12.3 Å². The van der Waals surface area contributed by atoms with Gasteiger partial charge in [-0.05, 0) is 63.2 Å². The summed E-state index contributed by atoms with van der Waals surface area (Å²) in [5.74, 6) is -0.264. The van der Waals surface area contributed by atoms with Crippen LogP contribution in [-0.2, 0) is 14.4 Å². The van der Waals surface area contributed by atoms with Gasteiger partial charge in [-0.1, -0.05) is 0 Å². The van der Waals surface area contributed by atoms with Gasteiger partial charge in [0.2, 0.25) is 11.8 Å². The first kappa shape index (κ1) is 22.5. The number of ether oxygens (including phenoxy) is 1. The molecule has 0 bridgehead atoms. The van der Waals surface area contributed by atoms with Crippen molar-refractivity contribution in [3.63, 3.8) is 0 Å². The summed E-state index contributed by atoms with van der Waals surface area (Å²) in [6.45, 7) is 6.89. The SMILES string of the molecule is CC(=O)Nc1ccc(NC(=O)CN2C(=O)C(C)Oc3ccc(-c4nc(C)sc4C)cc32)cc1. The number of carbonyl (C=O) groups is 3. The summed E-state index contributed by atoms with van der Waals surface area (Å²) in [5, 5.41) is 6.43. The van der Waals surface area contributed by atoms with Crippen molar-refractivity contribution in [2.24, 2.45) is 0 Å². The van der Waals surface area contributed by atoms with Crippen molar-refractivity contribution in [3.05, 3.63) is 52.3 Å². The molecule has 9 heteroatoms. The molecule has 4 rings (SSSR count). The molecule has 0 spiro atoms. The Morgan fingerprint density at radius 2 is 1.76 bits per heavy atom. The first-order chi connectivity index (χ1) is 15.7. The number of rotatable bonds is 5. The first-order valence-corrected chi connectivity index (χ1v) is 11.3. The highest BCUT2D eigenvalue weighted by Gasteiger charge is 2.33. The fraction of sp³-hybridized carbons (Fsp3) is 0.250. The Kier molecular flexibility index (Phi) is 6.15. The lowest BCUT2D eigenvalue weighted by Crippen LogP contribution is -2.47. The van der Waals surface area contributed by atoms with Crippen LogP contribution in [0.3, 0.4) is 0 Å². The minimum absolute atomic E-state index is 0.161. The Hall–Kier alpha value is -3.72. The van der Waals surface area contributed by atoms with Crippen LogP contribution in [0.2, 0.25) is 0 Å². The summed E-state index contributed by atoms with van der Waals surface area (Å²) in [6, 6.07) is 12.3. The van der Waals surface area contributed by atoms with E-state index in [1.807, 2.05) is 32.0 Å². The average Bonchev–Trinajstić information content (AvgIpc) is 3.10. The average molecular weight is 465 g/mol. The molecule has 2 heterocycles. The molecule has 3 aromatic rings. The highest BCUT2D eigenvalue weighted by Crippen LogP contribution is 2.38. The van der Waals surface area contributed by atoms with Crippen molar-refractivity contribution in [2.45, 2.75) is 33.8 Å². The summed E-state index contributed by atoms with van der Waals surface area (Å²) >= 11 is 1.61. The second-order valence-corrected chi connectivity index (χ2v) is 9.22. The molecule has 170 valence electrons. The Morgan fingerprint density at radius 1 is 1.09 bits per heavy atom. The maximum Gasteiger partial charge on any atom is 0.268 e. The van der Waals surface area contributed by atoms with Gasteiger partial charge in [0.15, 0.2) is 6.10 Å². The van der Waals surface area contributed by atoms with E-state index in [-0.39, 0.29) is 24.3 Å². The Morgan fingerprint density at radius 3 is 2.36 bits per heavy atom. The van der Waals surface area contributed by atoms with E-state index in [1.165, 1.54) is 11.8 Å². The molecule has 1 unspecified atom stereocenters.